The van der Waals surface area contributed by atoms with E-state index in [0.717, 1.165) is 5.02 Å². The van der Waals surface area contributed by atoms with Gasteiger partial charge in [0.15, 0.2) is 0 Å². The summed E-state index contributed by atoms with van der Waals surface area (Å²) in [4.78, 5) is 2.52. The van der Waals surface area contributed by atoms with E-state index in [9.17, 15) is 0 Å². The van der Waals surface area contributed by atoms with Crippen LogP contribution in [0.5, 0.6) is 0 Å². The largest absolute Gasteiger partial charge is 0.138 e. The Morgan fingerprint density at radius 2 is 2.21 bits per heavy atom. The maximum atomic E-state index is 5.93. The lowest BCUT2D eigenvalue weighted by Crippen LogP contribution is -1.73. The summed E-state index contributed by atoms with van der Waals surface area (Å²) in [5, 5.41) is 2.05. The number of alkyl halides is 1. The summed E-state index contributed by atoms with van der Waals surface area (Å²) in [5.41, 5.74) is 0. The summed E-state index contributed by atoms with van der Waals surface area (Å²) in [7, 11) is 0. The molecule has 0 aliphatic heterocycles. The molecule has 0 bridgehead atoms. The van der Waals surface area contributed by atoms with Gasteiger partial charge in [-0.05, 0) is 18.4 Å². The SMILES string of the molecule is CSc1c(CCl)sc2cc(Cl)ccc12. The molecule has 1 aromatic heterocycles. The minimum absolute atomic E-state index is 0.577. The van der Waals surface area contributed by atoms with Crippen molar-refractivity contribution in [3.63, 3.8) is 0 Å². The zero-order chi connectivity index (χ0) is 10.1. The van der Waals surface area contributed by atoms with Gasteiger partial charge in [0.25, 0.3) is 0 Å². The van der Waals surface area contributed by atoms with Gasteiger partial charge in [0.05, 0.1) is 5.88 Å². The molecule has 0 radical (unpaired) electrons. The molecular formula is C10H8Cl2S2. The van der Waals surface area contributed by atoms with Gasteiger partial charge in [0.1, 0.15) is 0 Å². The highest BCUT2D eigenvalue weighted by Gasteiger charge is 2.10. The summed E-state index contributed by atoms with van der Waals surface area (Å²) in [6.45, 7) is 0. The maximum absolute atomic E-state index is 5.93. The van der Waals surface area contributed by atoms with E-state index in [0.29, 0.717) is 5.88 Å². The molecule has 0 saturated heterocycles. The van der Waals surface area contributed by atoms with Crippen molar-refractivity contribution in [1.29, 1.82) is 0 Å². The predicted octanol–water partition coefficient (Wildman–Crippen LogP) is 5.02. The lowest BCUT2D eigenvalue weighted by Gasteiger charge is -1.96. The Labute approximate surface area is 101 Å². The second-order valence-electron chi connectivity index (χ2n) is 2.83. The summed E-state index contributed by atoms with van der Waals surface area (Å²) in [6.07, 6.45) is 2.08. The van der Waals surface area contributed by atoms with Crippen LogP contribution in [-0.4, -0.2) is 6.26 Å². The zero-order valence-electron chi connectivity index (χ0n) is 7.51. The molecule has 0 atom stereocenters. The first kappa shape index (κ1) is 10.6. The highest BCUT2D eigenvalue weighted by molar-refractivity contribution is 7.99. The highest BCUT2D eigenvalue weighted by atomic mass is 35.5. The monoisotopic (exact) mass is 262 g/mol. The van der Waals surface area contributed by atoms with Crippen LogP contribution >= 0.6 is 46.3 Å². The van der Waals surface area contributed by atoms with E-state index >= 15 is 0 Å². The van der Waals surface area contributed by atoms with Crippen LogP contribution in [0.1, 0.15) is 4.88 Å². The Morgan fingerprint density at radius 1 is 1.43 bits per heavy atom. The van der Waals surface area contributed by atoms with Crippen molar-refractivity contribution >= 4 is 56.4 Å². The van der Waals surface area contributed by atoms with E-state index in [1.54, 1.807) is 23.1 Å². The van der Waals surface area contributed by atoms with Crippen LogP contribution in [-0.2, 0) is 5.88 Å². The van der Waals surface area contributed by atoms with Crippen molar-refractivity contribution < 1.29 is 0 Å². The number of hydrogen-bond acceptors (Lipinski definition) is 2. The second-order valence-corrected chi connectivity index (χ2v) is 5.49. The molecule has 0 amide bonds. The number of benzene rings is 1. The molecule has 0 nitrogen and oxygen atoms in total. The van der Waals surface area contributed by atoms with Gasteiger partial charge in [0, 0.05) is 24.9 Å². The molecule has 0 saturated carbocycles. The number of halogens is 2. The van der Waals surface area contributed by atoms with Crippen LogP contribution in [0.2, 0.25) is 5.02 Å². The highest BCUT2D eigenvalue weighted by Crippen LogP contribution is 2.39. The lowest BCUT2D eigenvalue weighted by atomic mass is 10.2. The van der Waals surface area contributed by atoms with Crippen molar-refractivity contribution in [2.75, 3.05) is 6.26 Å². The van der Waals surface area contributed by atoms with E-state index in [-0.39, 0.29) is 0 Å². The third-order valence-corrected chi connectivity index (χ3v) is 4.82. The predicted molar refractivity (Wildman–Crippen MR) is 68.2 cm³/mol. The Kier molecular flexibility index (Phi) is 3.27. The van der Waals surface area contributed by atoms with Gasteiger partial charge >= 0.3 is 0 Å². The van der Waals surface area contributed by atoms with Crippen LogP contribution in [0, 0.1) is 0 Å². The molecule has 2 rings (SSSR count). The first-order chi connectivity index (χ1) is 6.76. The summed E-state index contributed by atoms with van der Waals surface area (Å²) >= 11 is 15.3. The van der Waals surface area contributed by atoms with Crippen LogP contribution in [0.4, 0.5) is 0 Å². The molecule has 4 heteroatoms. The van der Waals surface area contributed by atoms with E-state index in [2.05, 4.69) is 12.3 Å². The summed E-state index contributed by atoms with van der Waals surface area (Å²) in [5.74, 6) is 0.577. The van der Waals surface area contributed by atoms with E-state index in [1.165, 1.54) is 19.9 Å². The summed E-state index contributed by atoms with van der Waals surface area (Å²) < 4.78 is 1.22. The fourth-order valence-electron chi connectivity index (χ4n) is 1.41. The van der Waals surface area contributed by atoms with Gasteiger partial charge in [-0.2, -0.15) is 0 Å². The molecule has 0 unspecified atom stereocenters. The minimum atomic E-state index is 0.577. The average molecular weight is 263 g/mol. The molecule has 1 heterocycles. The van der Waals surface area contributed by atoms with Crippen molar-refractivity contribution in [3.8, 4) is 0 Å². The van der Waals surface area contributed by atoms with Gasteiger partial charge in [-0.3, -0.25) is 0 Å². The minimum Gasteiger partial charge on any atom is -0.138 e. The fourth-order valence-corrected chi connectivity index (χ4v) is 4.15. The van der Waals surface area contributed by atoms with Crippen molar-refractivity contribution in [3.05, 3.63) is 28.1 Å². The van der Waals surface area contributed by atoms with Crippen LogP contribution in [0.3, 0.4) is 0 Å². The van der Waals surface area contributed by atoms with Crippen LogP contribution in [0.25, 0.3) is 10.1 Å². The van der Waals surface area contributed by atoms with E-state index < -0.39 is 0 Å². The number of thioether (sulfide) groups is 1. The Morgan fingerprint density at radius 3 is 2.86 bits per heavy atom. The van der Waals surface area contributed by atoms with Gasteiger partial charge in [-0.1, -0.05) is 17.7 Å². The van der Waals surface area contributed by atoms with Crippen LogP contribution in [0.15, 0.2) is 23.1 Å². The third kappa shape index (κ3) is 1.76. The van der Waals surface area contributed by atoms with Gasteiger partial charge in [-0.25, -0.2) is 0 Å². The first-order valence-electron chi connectivity index (χ1n) is 4.07. The lowest BCUT2D eigenvalue weighted by molar-refractivity contribution is 1.40. The molecule has 74 valence electrons. The molecule has 0 fully saturated rings. The molecule has 14 heavy (non-hydrogen) atoms. The number of rotatable bonds is 2. The second kappa shape index (κ2) is 4.31. The molecule has 1 aromatic carbocycles. The van der Waals surface area contributed by atoms with Crippen molar-refractivity contribution in [1.82, 2.24) is 0 Å². The van der Waals surface area contributed by atoms with Crippen molar-refractivity contribution in [2.45, 2.75) is 10.8 Å². The number of thiophene rings is 1. The number of hydrogen-bond donors (Lipinski definition) is 0. The fraction of sp³-hybridized carbons (Fsp3) is 0.200. The van der Waals surface area contributed by atoms with Gasteiger partial charge in [-0.15, -0.1) is 34.7 Å². The Balaban J connectivity index is 2.73. The van der Waals surface area contributed by atoms with E-state index in [1.807, 2.05) is 12.1 Å². The van der Waals surface area contributed by atoms with Crippen molar-refractivity contribution in [2.24, 2.45) is 0 Å². The number of fused-ring (bicyclic) bond motifs is 1. The molecular weight excluding hydrogens is 255 g/mol. The molecule has 0 N–H and O–H groups in total. The average Bonchev–Trinajstić information content (AvgIpc) is 2.54. The quantitative estimate of drug-likeness (QED) is 0.541. The standard InChI is InChI=1S/C10H8Cl2S2/c1-13-10-7-3-2-6(12)4-8(7)14-9(10)5-11/h2-4H,5H2,1H3. The molecule has 0 aliphatic rings. The third-order valence-electron chi connectivity index (χ3n) is 2.00. The molecule has 0 spiro atoms. The normalized spacial score (nSPS) is 11.1. The Bertz CT molecular complexity index is 462. The smallest absolute Gasteiger partial charge is 0.0579 e. The topological polar surface area (TPSA) is 0 Å². The zero-order valence-corrected chi connectivity index (χ0v) is 10.7. The summed E-state index contributed by atoms with van der Waals surface area (Å²) in [6, 6.07) is 5.99. The van der Waals surface area contributed by atoms with Gasteiger partial charge in [0.2, 0.25) is 0 Å². The first-order valence-corrected chi connectivity index (χ1v) is 7.02. The van der Waals surface area contributed by atoms with Crippen LogP contribution < -0.4 is 0 Å². The van der Waals surface area contributed by atoms with E-state index in [4.69, 9.17) is 23.2 Å². The molecule has 2 aromatic rings. The van der Waals surface area contributed by atoms with Gasteiger partial charge < -0.3 is 0 Å². The molecule has 0 aliphatic carbocycles. The maximum Gasteiger partial charge on any atom is 0.0579 e. The Hall–Kier alpha value is 0.110.